The molecular formula is C17H24N2S. The SMILES string of the molecule is CCc1nc(C(CC)(Cc2ccccc2)NC)sc1C. The van der Waals surface area contributed by atoms with Crippen molar-refractivity contribution in [2.75, 3.05) is 7.05 Å². The summed E-state index contributed by atoms with van der Waals surface area (Å²) in [6.07, 6.45) is 3.03. The average Bonchev–Trinajstić information content (AvgIpc) is 2.87. The van der Waals surface area contributed by atoms with Crippen molar-refractivity contribution in [1.82, 2.24) is 10.3 Å². The minimum absolute atomic E-state index is 0.0514. The Hall–Kier alpha value is -1.19. The molecule has 0 bridgehead atoms. The van der Waals surface area contributed by atoms with Crippen molar-refractivity contribution in [1.29, 1.82) is 0 Å². The topological polar surface area (TPSA) is 24.9 Å². The average molecular weight is 288 g/mol. The highest BCUT2D eigenvalue weighted by Gasteiger charge is 2.32. The lowest BCUT2D eigenvalue weighted by atomic mass is 9.89. The van der Waals surface area contributed by atoms with E-state index in [0.717, 1.165) is 19.3 Å². The zero-order valence-electron chi connectivity index (χ0n) is 12.9. The van der Waals surface area contributed by atoms with Crippen LogP contribution in [0.25, 0.3) is 0 Å². The standard InChI is InChI=1S/C17H24N2S/c1-5-15-13(3)20-16(19-15)17(6-2,18-4)12-14-10-8-7-9-11-14/h7-11,18H,5-6,12H2,1-4H3. The number of rotatable bonds is 6. The van der Waals surface area contributed by atoms with Crippen LogP contribution in [0.1, 0.15) is 41.4 Å². The van der Waals surface area contributed by atoms with E-state index in [0.29, 0.717) is 0 Å². The van der Waals surface area contributed by atoms with Crippen molar-refractivity contribution >= 4 is 11.3 Å². The fraction of sp³-hybridized carbons (Fsp3) is 0.471. The molecule has 0 aliphatic carbocycles. The van der Waals surface area contributed by atoms with Gasteiger partial charge in [-0.1, -0.05) is 44.2 Å². The smallest absolute Gasteiger partial charge is 0.114 e. The van der Waals surface area contributed by atoms with Gasteiger partial charge in [0, 0.05) is 4.88 Å². The highest BCUT2D eigenvalue weighted by molar-refractivity contribution is 7.11. The highest BCUT2D eigenvalue weighted by atomic mass is 32.1. The van der Waals surface area contributed by atoms with Crippen molar-refractivity contribution in [2.45, 2.75) is 45.6 Å². The van der Waals surface area contributed by atoms with Crippen LogP contribution >= 0.6 is 11.3 Å². The zero-order chi connectivity index (χ0) is 14.6. The largest absolute Gasteiger partial charge is 0.308 e. The highest BCUT2D eigenvalue weighted by Crippen LogP contribution is 2.33. The second kappa shape index (κ2) is 6.51. The molecule has 3 heteroatoms. The number of hydrogen-bond acceptors (Lipinski definition) is 3. The molecule has 20 heavy (non-hydrogen) atoms. The van der Waals surface area contributed by atoms with Gasteiger partial charge in [-0.25, -0.2) is 4.98 Å². The van der Waals surface area contributed by atoms with Gasteiger partial charge < -0.3 is 5.32 Å². The van der Waals surface area contributed by atoms with Gasteiger partial charge in [0.15, 0.2) is 0 Å². The summed E-state index contributed by atoms with van der Waals surface area (Å²) < 4.78 is 0. The third kappa shape index (κ3) is 2.94. The van der Waals surface area contributed by atoms with E-state index in [1.165, 1.54) is 21.1 Å². The van der Waals surface area contributed by atoms with Gasteiger partial charge in [0.25, 0.3) is 0 Å². The number of thiazole rings is 1. The summed E-state index contributed by atoms with van der Waals surface area (Å²) in [7, 11) is 2.05. The Morgan fingerprint density at radius 3 is 2.40 bits per heavy atom. The van der Waals surface area contributed by atoms with Crippen LogP contribution in [0.5, 0.6) is 0 Å². The van der Waals surface area contributed by atoms with E-state index in [2.05, 4.69) is 63.5 Å². The number of hydrogen-bond donors (Lipinski definition) is 1. The van der Waals surface area contributed by atoms with E-state index >= 15 is 0 Å². The Bertz CT molecular complexity index is 541. The molecule has 1 atom stereocenters. The third-order valence-corrected chi connectivity index (χ3v) is 5.28. The first kappa shape index (κ1) is 15.2. The van der Waals surface area contributed by atoms with Crippen molar-refractivity contribution in [3.05, 3.63) is 51.5 Å². The van der Waals surface area contributed by atoms with Crippen molar-refractivity contribution in [3.63, 3.8) is 0 Å². The quantitative estimate of drug-likeness (QED) is 0.866. The molecule has 0 spiro atoms. The van der Waals surface area contributed by atoms with Crippen LogP contribution in [0.15, 0.2) is 30.3 Å². The second-order valence-corrected chi connectivity index (χ2v) is 6.43. The summed E-state index contributed by atoms with van der Waals surface area (Å²) in [5, 5.41) is 4.77. The van der Waals surface area contributed by atoms with Crippen LogP contribution in [0.4, 0.5) is 0 Å². The molecule has 1 N–H and O–H groups in total. The van der Waals surface area contributed by atoms with Gasteiger partial charge in [0.2, 0.25) is 0 Å². The van der Waals surface area contributed by atoms with Gasteiger partial charge >= 0.3 is 0 Å². The molecule has 1 aromatic heterocycles. The van der Waals surface area contributed by atoms with Gasteiger partial charge in [-0.15, -0.1) is 11.3 Å². The number of benzene rings is 1. The third-order valence-electron chi connectivity index (χ3n) is 4.07. The maximum atomic E-state index is 4.89. The maximum absolute atomic E-state index is 4.89. The first-order chi connectivity index (χ1) is 9.65. The Kier molecular flexibility index (Phi) is 4.95. The first-order valence-electron chi connectivity index (χ1n) is 7.34. The molecule has 0 saturated carbocycles. The van der Waals surface area contributed by atoms with Crippen LogP contribution in [-0.4, -0.2) is 12.0 Å². The molecule has 1 heterocycles. The summed E-state index contributed by atoms with van der Waals surface area (Å²) >= 11 is 1.84. The van der Waals surface area contributed by atoms with E-state index in [1.807, 2.05) is 11.3 Å². The molecule has 1 aromatic carbocycles. The second-order valence-electron chi connectivity index (χ2n) is 5.22. The van der Waals surface area contributed by atoms with Crippen molar-refractivity contribution in [3.8, 4) is 0 Å². The number of likely N-dealkylation sites (N-methyl/N-ethyl adjacent to an activating group) is 1. The Morgan fingerprint density at radius 2 is 1.90 bits per heavy atom. The number of nitrogens with zero attached hydrogens (tertiary/aromatic N) is 1. The zero-order valence-corrected chi connectivity index (χ0v) is 13.7. The summed E-state index contributed by atoms with van der Waals surface area (Å²) in [5.74, 6) is 0. The van der Waals surface area contributed by atoms with Gasteiger partial charge in [-0.05, 0) is 38.8 Å². The monoisotopic (exact) mass is 288 g/mol. The molecule has 2 aromatic rings. The molecule has 0 aliphatic heterocycles. The van der Waals surface area contributed by atoms with E-state index < -0.39 is 0 Å². The van der Waals surface area contributed by atoms with Crippen LogP contribution in [0.3, 0.4) is 0 Å². The first-order valence-corrected chi connectivity index (χ1v) is 8.16. The van der Waals surface area contributed by atoms with E-state index in [1.54, 1.807) is 0 Å². The van der Waals surface area contributed by atoms with E-state index in [4.69, 9.17) is 4.98 Å². The summed E-state index contributed by atoms with van der Waals surface area (Å²) in [5.41, 5.74) is 2.55. The van der Waals surface area contributed by atoms with Gasteiger partial charge in [-0.3, -0.25) is 0 Å². The van der Waals surface area contributed by atoms with E-state index in [9.17, 15) is 0 Å². The number of aryl methyl sites for hydroxylation is 2. The van der Waals surface area contributed by atoms with Crippen molar-refractivity contribution < 1.29 is 0 Å². The normalized spacial score (nSPS) is 14.2. The van der Waals surface area contributed by atoms with Crippen LogP contribution in [-0.2, 0) is 18.4 Å². The van der Waals surface area contributed by atoms with Crippen molar-refractivity contribution in [2.24, 2.45) is 0 Å². The lowest BCUT2D eigenvalue weighted by molar-refractivity contribution is 0.342. The van der Waals surface area contributed by atoms with Crippen LogP contribution < -0.4 is 5.32 Å². The predicted octanol–water partition coefficient (Wildman–Crippen LogP) is 4.08. The number of nitrogens with one attached hydrogen (secondary N) is 1. The lowest BCUT2D eigenvalue weighted by Gasteiger charge is -2.30. The van der Waals surface area contributed by atoms with Gasteiger partial charge in [0.1, 0.15) is 5.01 Å². The molecule has 2 rings (SSSR count). The fourth-order valence-electron chi connectivity index (χ4n) is 2.63. The molecule has 1 unspecified atom stereocenters. The molecule has 0 amide bonds. The van der Waals surface area contributed by atoms with Crippen LogP contribution in [0.2, 0.25) is 0 Å². The number of aromatic nitrogens is 1. The minimum atomic E-state index is -0.0514. The minimum Gasteiger partial charge on any atom is -0.308 e. The molecule has 108 valence electrons. The molecular weight excluding hydrogens is 264 g/mol. The molecule has 0 aliphatic rings. The summed E-state index contributed by atoms with van der Waals surface area (Å²) in [6.45, 7) is 6.59. The summed E-state index contributed by atoms with van der Waals surface area (Å²) in [6, 6.07) is 10.7. The fourth-order valence-corrected chi connectivity index (χ4v) is 3.90. The van der Waals surface area contributed by atoms with Crippen LogP contribution in [0, 0.1) is 6.92 Å². The maximum Gasteiger partial charge on any atom is 0.114 e. The van der Waals surface area contributed by atoms with Gasteiger partial charge in [-0.2, -0.15) is 0 Å². The predicted molar refractivity (Wildman–Crippen MR) is 87.4 cm³/mol. The molecule has 0 radical (unpaired) electrons. The van der Waals surface area contributed by atoms with E-state index in [-0.39, 0.29) is 5.54 Å². The molecule has 2 nitrogen and oxygen atoms in total. The Morgan fingerprint density at radius 1 is 1.20 bits per heavy atom. The van der Waals surface area contributed by atoms with Gasteiger partial charge in [0.05, 0.1) is 11.2 Å². The lowest BCUT2D eigenvalue weighted by Crippen LogP contribution is -2.41. The molecule has 0 fully saturated rings. The Labute approximate surface area is 126 Å². The Balaban J connectivity index is 2.37. The molecule has 0 saturated heterocycles. The summed E-state index contributed by atoms with van der Waals surface area (Å²) in [4.78, 5) is 6.25.